The summed E-state index contributed by atoms with van der Waals surface area (Å²) < 4.78 is 0. The maximum atomic E-state index is 2.64. The average Bonchev–Trinajstić information content (AvgIpc) is 2.94. The van der Waals surface area contributed by atoms with E-state index in [1.807, 2.05) is 11.8 Å². The maximum absolute atomic E-state index is 2.64. The summed E-state index contributed by atoms with van der Waals surface area (Å²) in [5, 5.41) is 0. The lowest BCUT2D eigenvalue weighted by Crippen LogP contribution is -2.30. The molecule has 0 aliphatic carbocycles. The highest BCUT2D eigenvalue weighted by atomic mass is 32.2. The van der Waals surface area contributed by atoms with Gasteiger partial charge in [0.1, 0.15) is 0 Å². The summed E-state index contributed by atoms with van der Waals surface area (Å²) in [7, 11) is 0. The van der Waals surface area contributed by atoms with Gasteiger partial charge in [-0.25, -0.2) is 0 Å². The standard InChI is InChI=1S/C18H21NS/c1-3-8-16(9-4-1)14-19-13-7-10-17(19)15-20-18-11-5-2-6-12-18/h1-6,8-9,11-12,17H,7,10,13-15H2. The summed E-state index contributed by atoms with van der Waals surface area (Å²) in [5.74, 6) is 1.21. The van der Waals surface area contributed by atoms with E-state index in [0.717, 1.165) is 12.6 Å². The van der Waals surface area contributed by atoms with E-state index >= 15 is 0 Å². The SMILES string of the molecule is c1ccc(CN2CCCC2CSc2ccccc2)cc1. The highest BCUT2D eigenvalue weighted by molar-refractivity contribution is 7.99. The molecule has 1 unspecified atom stereocenters. The fraction of sp³-hybridized carbons (Fsp3) is 0.333. The van der Waals surface area contributed by atoms with E-state index in [4.69, 9.17) is 0 Å². The first-order valence-electron chi connectivity index (χ1n) is 7.37. The molecule has 0 spiro atoms. The van der Waals surface area contributed by atoms with Crippen molar-refractivity contribution in [3.63, 3.8) is 0 Å². The molecule has 2 aromatic rings. The van der Waals surface area contributed by atoms with Crippen LogP contribution in [0.25, 0.3) is 0 Å². The largest absolute Gasteiger partial charge is 0.295 e. The van der Waals surface area contributed by atoms with E-state index in [1.165, 1.54) is 35.6 Å². The Hall–Kier alpha value is -1.25. The molecule has 3 rings (SSSR count). The van der Waals surface area contributed by atoms with Crippen LogP contribution in [0, 0.1) is 0 Å². The highest BCUT2D eigenvalue weighted by Crippen LogP contribution is 2.26. The fourth-order valence-electron chi connectivity index (χ4n) is 2.82. The van der Waals surface area contributed by atoms with Crippen LogP contribution in [0.3, 0.4) is 0 Å². The van der Waals surface area contributed by atoms with Crippen LogP contribution in [0.5, 0.6) is 0 Å². The molecule has 2 aromatic carbocycles. The van der Waals surface area contributed by atoms with Crippen LogP contribution < -0.4 is 0 Å². The molecule has 1 nitrogen and oxygen atoms in total. The van der Waals surface area contributed by atoms with Crippen LogP contribution in [0.2, 0.25) is 0 Å². The molecule has 1 atom stereocenters. The van der Waals surface area contributed by atoms with E-state index in [9.17, 15) is 0 Å². The number of rotatable bonds is 5. The van der Waals surface area contributed by atoms with Gasteiger partial charge in [-0.3, -0.25) is 4.90 Å². The van der Waals surface area contributed by atoms with Gasteiger partial charge in [-0.2, -0.15) is 0 Å². The molecule has 0 radical (unpaired) electrons. The van der Waals surface area contributed by atoms with Crippen LogP contribution in [0.4, 0.5) is 0 Å². The second-order valence-corrected chi connectivity index (χ2v) is 6.47. The zero-order valence-electron chi connectivity index (χ0n) is 11.7. The zero-order chi connectivity index (χ0) is 13.6. The molecule has 1 aliphatic rings. The van der Waals surface area contributed by atoms with Crippen molar-refractivity contribution in [1.82, 2.24) is 4.90 Å². The quantitative estimate of drug-likeness (QED) is 0.746. The topological polar surface area (TPSA) is 3.24 Å². The predicted octanol–water partition coefficient (Wildman–Crippen LogP) is 4.44. The molecule has 2 heteroatoms. The van der Waals surface area contributed by atoms with Gasteiger partial charge < -0.3 is 0 Å². The summed E-state index contributed by atoms with van der Waals surface area (Å²) in [4.78, 5) is 4.03. The number of hydrogen-bond acceptors (Lipinski definition) is 2. The molecular formula is C18H21NS. The van der Waals surface area contributed by atoms with Gasteiger partial charge in [0.05, 0.1) is 0 Å². The molecule has 1 heterocycles. The van der Waals surface area contributed by atoms with E-state index in [1.54, 1.807) is 0 Å². The lowest BCUT2D eigenvalue weighted by Gasteiger charge is -2.24. The van der Waals surface area contributed by atoms with Gasteiger partial charge in [-0.1, -0.05) is 48.5 Å². The van der Waals surface area contributed by atoms with Crippen LogP contribution in [0.15, 0.2) is 65.6 Å². The molecule has 0 saturated carbocycles. The third-order valence-electron chi connectivity index (χ3n) is 3.91. The first-order valence-corrected chi connectivity index (χ1v) is 8.36. The number of likely N-dealkylation sites (tertiary alicyclic amines) is 1. The minimum absolute atomic E-state index is 0.723. The monoisotopic (exact) mass is 283 g/mol. The summed E-state index contributed by atoms with van der Waals surface area (Å²) in [6.45, 7) is 2.34. The van der Waals surface area contributed by atoms with E-state index < -0.39 is 0 Å². The van der Waals surface area contributed by atoms with E-state index in [2.05, 4.69) is 65.6 Å². The van der Waals surface area contributed by atoms with Crippen molar-refractivity contribution in [3.8, 4) is 0 Å². The molecular weight excluding hydrogens is 262 g/mol. The Morgan fingerprint density at radius 1 is 0.950 bits per heavy atom. The molecule has 0 amide bonds. The van der Waals surface area contributed by atoms with Crippen LogP contribution in [0.1, 0.15) is 18.4 Å². The molecule has 1 fully saturated rings. The van der Waals surface area contributed by atoms with Gasteiger partial charge in [0.15, 0.2) is 0 Å². The summed E-state index contributed by atoms with van der Waals surface area (Å²) in [6, 6.07) is 22.3. The van der Waals surface area contributed by atoms with Crippen LogP contribution in [-0.4, -0.2) is 23.2 Å². The number of benzene rings is 2. The number of hydrogen-bond donors (Lipinski definition) is 0. The predicted molar refractivity (Wildman–Crippen MR) is 87.0 cm³/mol. The molecule has 1 aliphatic heterocycles. The van der Waals surface area contributed by atoms with Gasteiger partial charge in [-0.15, -0.1) is 11.8 Å². The maximum Gasteiger partial charge on any atom is 0.0237 e. The van der Waals surface area contributed by atoms with Crippen molar-refractivity contribution in [2.24, 2.45) is 0 Å². The van der Waals surface area contributed by atoms with Crippen molar-refractivity contribution < 1.29 is 0 Å². The smallest absolute Gasteiger partial charge is 0.0237 e. The summed E-state index contributed by atoms with van der Waals surface area (Å²) in [6.07, 6.45) is 2.68. The first-order chi connectivity index (χ1) is 9.92. The third-order valence-corrected chi connectivity index (χ3v) is 5.07. The van der Waals surface area contributed by atoms with E-state index in [0.29, 0.717) is 0 Å². The summed E-state index contributed by atoms with van der Waals surface area (Å²) >= 11 is 1.99. The van der Waals surface area contributed by atoms with Gasteiger partial charge in [0.2, 0.25) is 0 Å². The zero-order valence-corrected chi connectivity index (χ0v) is 12.6. The van der Waals surface area contributed by atoms with Gasteiger partial charge in [0, 0.05) is 23.2 Å². The van der Waals surface area contributed by atoms with E-state index in [-0.39, 0.29) is 0 Å². The van der Waals surface area contributed by atoms with Gasteiger partial charge in [0.25, 0.3) is 0 Å². The second-order valence-electron chi connectivity index (χ2n) is 5.38. The van der Waals surface area contributed by atoms with Crippen LogP contribution >= 0.6 is 11.8 Å². The minimum atomic E-state index is 0.723. The Balaban J connectivity index is 1.56. The first kappa shape index (κ1) is 13.7. The van der Waals surface area contributed by atoms with Crippen LogP contribution in [-0.2, 0) is 6.54 Å². The lowest BCUT2D eigenvalue weighted by atomic mass is 10.2. The molecule has 0 N–H and O–H groups in total. The molecule has 20 heavy (non-hydrogen) atoms. The third kappa shape index (κ3) is 3.65. The molecule has 0 aromatic heterocycles. The van der Waals surface area contributed by atoms with Crippen molar-refractivity contribution in [3.05, 3.63) is 66.2 Å². The number of nitrogens with zero attached hydrogens (tertiary/aromatic N) is 1. The average molecular weight is 283 g/mol. The van der Waals surface area contributed by atoms with Crippen molar-refractivity contribution in [2.45, 2.75) is 30.3 Å². The van der Waals surface area contributed by atoms with Crippen molar-refractivity contribution >= 4 is 11.8 Å². The Morgan fingerprint density at radius 2 is 1.65 bits per heavy atom. The number of thioether (sulfide) groups is 1. The Bertz CT molecular complexity index is 511. The summed E-state index contributed by atoms with van der Waals surface area (Å²) in [5.41, 5.74) is 1.43. The lowest BCUT2D eigenvalue weighted by molar-refractivity contribution is 0.264. The fourth-order valence-corrected chi connectivity index (χ4v) is 3.93. The Kier molecular flexibility index (Phi) is 4.77. The Labute approximate surface area is 126 Å². The Morgan fingerprint density at radius 3 is 2.40 bits per heavy atom. The molecule has 0 bridgehead atoms. The highest BCUT2D eigenvalue weighted by Gasteiger charge is 2.24. The van der Waals surface area contributed by atoms with Crippen molar-refractivity contribution in [1.29, 1.82) is 0 Å². The second kappa shape index (κ2) is 6.96. The normalized spacial score (nSPS) is 19.3. The van der Waals surface area contributed by atoms with Gasteiger partial charge >= 0.3 is 0 Å². The minimum Gasteiger partial charge on any atom is -0.295 e. The van der Waals surface area contributed by atoms with Gasteiger partial charge in [-0.05, 0) is 37.1 Å². The molecule has 1 saturated heterocycles. The van der Waals surface area contributed by atoms with Crippen molar-refractivity contribution in [2.75, 3.05) is 12.3 Å². The molecule has 104 valence electrons.